The summed E-state index contributed by atoms with van der Waals surface area (Å²) in [7, 11) is 0. The van der Waals surface area contributed by atoms with Gasteiger partial charge >= 0.3 is 6.03 Å². The molecule has 1 aromatic carbocycles. The van der Waals surface area contributed by atoms with E-state index in [1.807, 2.05) is 0 Å². The first-order valence-corrected chi connectivity index (χ1v) is 10.0. The number of rotatable bonds is 6. The Morgan fingerprint density at radius 2 is 1.75 bits per heavy atom. The van der Waals surface area contributed by atoms with E-state index in [0.717, 1.165) is 37.0 Å². The summed E-state index contributed by atoms with van der Waals surface area (Å²) >= 11 is 0. The number of carbonyl (C=O) groups excluding carboxylic acids is 2. The molecule has 8 heteroatoms. The van der Waals surface area contributed by atoms with Crippen LogP contribution in [0, 0.1) is 27.9 Å². The van der Waals surface area contributed by atoms with Gasteiger partial charge in [0.25, 0.3) is 5.69 Å². The van der Waals surface area contributed by atoms with E-state index in [1.165, 1.54) is 37.5 Å². The summed E-state index contributed by atoms with van der Waals surface area (Å²) in [6.07, 6.45) is 7.32. The van der Waals surface area contributed by atoms with Crippen molar-refractivity contribution < 1.29 is 14.5 Å². The van der Waals surface area contributed by atoms with E-state index in [-0.39, 0.29) is 36.1 Å². The molecular formula is C20H26N4O4. The van der Waals surface area contributed by atoms with Crippen LogP contribution in [-0.4, -0.2) is 28.9 Å². The van der Waals surface area contributed by atoms with Crippen LogP contribution in [0.15, 0.2) is 24.3 Å². The van der Waals surface area contributed by atoms with Gasteiger partial charge in [-0.25, -0.2) is 4.79 Å². The Morgan fingerprint density at radius 1 is 1.11 bits per heavy atom. The molecule has 4 bridgehead atoms. The second kappa shape index (κ2) is 7.41. The third-order valence-corrected chi connectivity index (χ3v) is 6.40. The van der Waals surface area contributed by atoms with E-state index in [2.05, 4.69) is 16.0 Å². The molecule has 4 aliphatic carbocycles. The van der Waals surface area contributed by atoms with E-state index < -0.39 is 4.92 Å². The van der Waals surface area contributed by atoms with Gasteiger partial charge in [-0.15, -0.1) is 0 Å². The monoisotopic (exact) mass is 386 g/mol. The fraction of sp³-hybridized carbons (Fsp3) is 0.600. The number of nitrogens with one attached hydrogen (secondary N) is 3. The van der Waals surface area contributed by atoms with Crippen LogP contribution in [0.5, 0.6) is 0 Å². The van der Waals surface area contributed by atoms with Crippen LogP contribution in [0.2, 0.25) is 0 Å². The van der Waals surface area contributed by atoms with Gasteiger partial charge in [-0.3, -0.25) is 14.9 Å². The largest absolute Gasteiger partial charge is 0.338 e. The number of amides is 3. The number of nitro groups is 1. The van der Waals surface area contributed by atoms with Gasteiger partial charge in [0.05, 0.1) is 4.92 Å². The molecule has 28 heavy (non-hydrogen) atoms. The fourth-order valence-corrected chi connectivity index (χ4v) is 5.76. The van der Waals surface area contributed by atoms with Crippen molar-refractivity contribution in [2.75, 3.05) is 11.9 Å². The molecule has 4 aliphatic rings. The second-order valence-corrected chi connectivity index (χ2v) is 8.68. The maximum atomic E-state index is 12.4. The molecule has 8 nitrogen and oxygen atoms in total. The van der Waals surface area contributed by atoms with Crippen LogP contribution < -0.4 is 16.0 Å². The minimum absolute atomic E-state index is 0.0515. The summed E-state index contributed by atoms with van der Waals surface area (Å²) in [5, 5.41) is 19.4. The number of nitrogens with zero attached hydrogens (tertiary/aromatic N) is 1. The number of anilines is 1. The molecule has 0 atom stereocenters. The lowest BCUT2D eigenvalue weighted by molar-refractivity contribution is -0.384. The van der Waals surface area contributed by atoms with Gasteiger partial charge in [0.1, 0.15) is 0 Å². The highest BCUT2D eigenvalue weighted by Crippen LogP contribution is 2.55. The Hall–Kier alpha value is -2.64. The highest BCUT2D eigenvalue weighted by atomic mass is 16.6. The minimum Gasteiger partial charge on any atom is -0.338 e. The predicted octanol–water partition coefficient (Wildman–Crippen LogP) is 3.19. The van der Waals surface area contributed by atoms with Crippen LogP contribution in [0.3, 0.4) is 0 Å². The van der Waals surface area contributed by atoms with Crippen LogP contribution in [0.4, 0.5) is 16.2 Å². The average Bonchev–Trinajstić information content (AvgIpc) is 2.60. The van der Waals surface area contributed by atoms with Gasteiger partial charge in [0, 0.05) is 36.3 Å². The van der Waals surface area contributed by atoms with Crippen LogP contribution in [-0.2, 0) is 4.79 Å². The van der Waals surface area contributed by atoms with Gasteiger partial charge in [-0.05, 0) is 62.3 Å². The van der Waals surface area contributed by atoms with Crippen molar-refractivity contribution in [2.24, 2.45) is 17.8 Å². The topological polar surface area (TPSA) is 113 Å². The zero-order valence-corrected chi connectivity index (χ0v) is 15.8. The lowest BCUT2D eigenvalue weighted by Gasteiger charge is -2.56. The highest BCUT2D eigenvalue weighted by Gasteiger charge is 2.51. The van der Waals surface area contributed by atoms with E-state index in [4.69, 9.17) is 0 Å². The summed E-state index contributed by atoms with van der Waals surface area (Å²) in [6.45, 7) is 0.221. The molecule has 0 heterocycles. The number of hydrogen-bond donors (Lipinski definition) is 3. The molecule has 0 spiro atoms. The number of urea groups is 1. The molecule has 4 saturated carbocycles. The molecule has 0 aromatic heterocycles. The van der Waals surface area contributed by atoms with Crippen molar-refractivity contribution >= 4 is 23.3 Å². The SMILES string of the molecule is O=C(CCNC(=O)NC12CC3CC(CC(C3)C1)C2)Nc1cccc([N+](=O)[O-])c1. The Balaban J connectivity index is 1.22. The number of hydrogen-bond acceptors (Lipinski definition) is 4. The van der Waals surface area contributed by atoms with Gasteiger partial charge in [0.15, 0.2) is 0 Å². The van der Waals surface area contributed by atoms with Gasteiger partial charge < -0.3 is 16.0 Å². The van der Waals surface area contributed by atoms with Crippen molar-refractivity contribution in [3.05, 3.63) is 34.4 Å². The average molecular weight is 386 g/mol. The van der Waals surface area contributed by atoms with Gasteiger partial charge in [0.2, 0.25) is 5.91 Å². The van der Waals surface area contributed by atoms with Crippen LogP contribution in [0.1, 0.15) is 44.9 Å². The molecule has 150 valence electrons. The smallest absolute Gasteiger partial charge is 0.315 e. The second-order valence-electron chi connectivity index (χ2n) is 8.68. The molecule has 0 radical (unpaired) electrons. The summed E-state index contributed by atoms with van der Waals surface area (Å²) in [5.41, 5.74) is 0.243. The number of carbonyl (C=O) groups is 2. The first-order chi connectivity index (χ1) is 13.4. The van der Waals surface area contributed by atoms with Crippen LogP contribution >= 0.6 is 0 Å². The molecule has 1 aromatic rings. The molecular weight excluding hydrogens is 360 g/mol. The van der Waals surface area contributed by atoms with Crippen molar-refractivity contribution in [1.82, 2.24) is 10.6 Å². The molecule has 0 unspecified atom stereocenters. The molecule has 3 amide bonds. The Bertz CT molecular complexity index is 759. The summed E-state index contributed by atoms with van der Waals surface area (Å²) in [5.74, 6) is 1.97. The number of nitro benzene ring substituents is 1. The zero-order valence-electron chi connectivity index (χ0n) is 15.8. The lowest BCUT2D eigenvalue weighted by Crippen LogP contribution is -2.61. The molecule has 0 aliphatic heterocycles. The zero-order chi connectivity index (χ0) is 19.7. The predicted molar refractivity (Wildman–Crippen MR) is 104 cm³/mol. The van der Waals surface area contributed by atoms with E-state index in [1.54, 1.807) is 6.07 Å². The van der Waals surface area contributed by atoms with Gasteiger partial charge in [-0.2, -0.15) is 0 Å². The molecule has 4 fully saturated rings. The maximum Gasteiger partial charge on any atom is 0.315 e. The molecule has 5 rings (SSSR count). The van der Waals surface area contributed by atoms with E-state index >= 15 is 0 Å². The van der Waals surface area contributed by atoms with E-state index in [9.17, 15) is 19.7 Å². The fourth-order valence-electron chi connectivity index (χ4n) is 5.76. The summed E-state index contributed by atoms with van der Waals surface area (Å²) in [6, 6.07) is 5.59. The first-order valence-electron chi connectivity index (χ1n) is 10.0. The van der Waals surface area contributed by atoms with Crippen molar-refractivity contribution in [3.8, 4) is 0 Å². The third kappa shape index (κ3) is 4.10. The first kappa shape index (κ1) is 18.7. The summed E-state index contributed by atoms with van der Waals surface area (Å²) in [4.78, 5) is 34.7. The standard InChI is InChI=1S/C20H26N4O4/c25-18(22-16-2-1-3-17(9-16)24(27)28)4-5-21-19(26)23-20-10-13-6-14(11-20)8-15(7-13)12-20/h1-3,9,13-15H,4-8,10-12H2,(H,22,25)(H2,21,23,26). The van der Waals surface area contributed by atoms with Gasteiger partial charge in [-0.1, -0.05) is 6.07 Å². The normalized spacial score (nSPS) is 29.9. The third-order valence-electron chi connectivity index (χ3n) is 6.40. The number of benzene rings is 1. The molecule has 3 N–H and O–H groups in total. The maximum absolute atomic E-state index is 12.4. The minimum atomic E-state index is -0.508. The quantitative estimate of drug-likeness (QED) is 0.514. The van der Waals surface area contributed by atoms with Crippen molar-refractivity contribution in [1.29, 1.82) is 0 Å². The Morgan fingerprint density at radius 3 is 2.36 bits per heavy atom. The number of non-ortho nitro benzene ring substituents is 1. The van der Waals surface area contributed by atoms with E-state index in [0.29, 0.717) is 5.69 Å². The molecule has 0 saturated heterocycles. The lowest BCUT2D eigenvalue weighted by atomic mass is 9.53. The summed E-state index contributed by atoms with van der Waals surface area (Å²) < 4.78 is 0. The van der Waals surface area contributed by atoms with Crippen molar-refractivity contribution in [2.45, 2.75) is 50.5 Å². The Kier molecular flexibility index (Phi) is 4.95. The van der Waals surface area contributed by atoms with Crippen LogP contribution in [0.25, 0.3) is 0 Å². The Labute approximate surface area is 163 Å². The highest BCUT2D eigenvalue weighted by molar-refractivity contribution is 5.91. The van der Waals surface area contributed by atoms with Crippen molar-refractivity contribution in [3.63, 3.8) is 0 Å².